The third kappa shape index (κ3) is 5.86. The molecule has 2 aromatic rings. The van der Waals surface area contributed by atoms with Gasteiger partial charge in [-0.15, -0.1) is 0 Å². The Morgan fingerprint density at radius 1 is 1.23 bits per heavy atom. The van der Waals surface area contributed by atoms with Gasteiger partial charge < -0.3 is 10.1 Å². The van der Waals surface area contributed by atoms with Crippen molar-refractivity contribution < 1.29 is 22.7 Å². The molecule has 0 heterocycles. The molecule has 0 aliphatic heterocycles. The Balaban J connectivity index is 2.05. The molecular weight excluding hydrogens is 365 g/mol. The summed E-state index contributed by atoms with van der Waals surface area (Å²) in [7, 11) is 1.44. The molecule has 0 saturated heterocycles. The maximum absolute atomic E-state index is 12.3. The van der Waals surface area contributed by atoms with E-state index in [0.717, 1.165) is 0 Å². The summed E-state index contributed by atoms with van der Waals surface area (Å²) >= 11 is -0.200. The molecule has 2 aromatic carbocycles. The van der Waals surface area contributed by atoms with Crippen LogP contribution in [0.15, 0.2) is 53.4 Å². The molecule has 0 atom stereocenters. The quantitative estimate of drug-likeness (QED) is 0.598. The SMILES string of the molecule is COc1ccc(C#N)cc1NC(=O)/C=C/c1ccc(SC(F)(F)F)cc1. The number of anilines is 1. The first-order valence-corrected chi connectivity index (χ1v) is 8.05. The van der Waals surface area contributed by atoms with E-state index in [1.165, 1.54) is 49.6 Å². The number of amides is 1. The fourth-order valence-corrected chi connectivity index (χ4v) is 2.54. The number of nitrogens with one attached hydrogen (secondary N) is 1. The Morgan fingerprint density at radius 2 is 1.92 bits per heavy atom. The molecule has 0 saturated carbocycles. The van der Waals surface area contributed by atoms with Crippen molar-refractivity contribution in [2.75, 3.05) is 12.4 Å². The van der Waals surface area contributed by atoms with Crippen LogP contribution in [-0.2, 0) is 4.79 Å². The summed E-state index contributed by atoms with van der Waals surface area (Å²) in [4.78, 5) is 12.1. The lowest BCUT2D eigenvalue weighted by Gasteiger charge is -2.09. The van der Waals surface area contributed by atoms with Crippen LogP contribution >= 0.6 is 11.8 Å². The van der Waals surface area contributed by atoms with Crippen LogP contribution in [0.4, 0.5) is 18.9 Å². The minimum Gasteiger partial charge on any atom is -0.495 e. The normalized spacial score (nSPS) is 11.2. The topological polar surface area (TPSA) is 62.1 Å². The highest BCUT2D eigenvalue weighted by Crippen LogP contribution is 2.36. The van der Waals surface area contributed by atoms with Crippen LogP contribution in [0.3, 0.4) is 0 Å². The van der Waals surface area contributed by atoms with E-state index in [9.17, 15) is 18.0 Å². The van der Waals surface area contributed by atoms with Gasteiger partial charge in [0.05, 0.1) is 24.4 Å². The van der Waals surface area contributed by atoms with E-state index in [4.69, 9.17) is 10.00 Å². The van der Waals surface area contributed by atoms with Crippen LogP contribution < -0.4 is 10.1 Å². The van der Waals surface area contributed by atoms with E-state index in [2.05, 4.69) is 5.32 Å². The average molecular weight is 378 g/mol. The van der Waals surface area contributed by atoms with Crippen molar-refractivity contribution >= 4 is 29.4 Å². The number of carbonyl (C=O) groups excluding carboxylic acids is 1. The molecule has 1 amide bonds. The van der Waals surface area contributed by atoms with Gasteiger partial charge in [0.15, 0.2) is 0 Å². The van der Waals surface area contributed by atoms with Crippen LogP contribution in [0, 0.1) is 11.3 Å². The maximum atomic E-state index is 12.3. The van der Waals surface area contributed by atoms with Gasteiger partial charge in [0.1, 0.15) is 5.75 Å². The van der Waals surface area contributed by atoms with Crippen LogP contribution in [0.5, 0.6) is 5.75 Å². The highest BCUT2D eigenvalue weighted by Gasteiger charge is 2.28. The van der Waals surface area contributed by atoms with Crippen molar-refractivity contribution in [2.45, 2.75) is 10.4 Å². The predicted octanol–water partition coefficient (Wildman–Crippen LogP) is 4.83. The van der Waals surface area contributed by atoms with Crippen LogP contribution in [0.1, 0.15) is 11.1 Å². The first kappa shape index (κ1) is 19.4. The Labute approximate surface area is 152 Å². The average Bonchev–Trinajstić information content (AvgIpc) is 2.59. The summed E-state index contributed by atoms with van der Waals surface area (Å²) in [6.07, 6.45) is 2.71. The van der Waals surface area contributed by atoms with Gasteiger partial charge in [-0.05, 0) is 53.7 Å². The number of hydrogen-bond donors (Lipinski definition) is 1. The minimum absolute atomic E-state index is 0.0668. The van der Waals surface area contributed by atoms with E-state index in [1.54, 1.807) is 12.1 Å². The second kappa shape index (κ2) is 8.45. The lowest BCUT2D eigenvalue weighted by atomic mass is 10.2. The van der Waals surface area contributed by atoms with Crippen LogP contribution in [-0.4, -0.2) is 18.5 Å². The Morgan fingerprint density at radius 3 is 2.50 bits per heavy atom. The zero-order chi connectivity index (χ0) is 19.2. The van der Waals surface area contributed by atoms with Crippen LogP contribution in [0.25, 0.3) is 6.08 Å². The molecule has 0 fully saturated rings. The van der Waals surface area contributed by atoms with Gasteiger partial charge in [-0.3, -0.25) is 4.79 Å². The van der Waals surface area contributed by atoms with Gasteiger partial charge in [-0.25, -0.2) is 0 Å². The number of nitrogens with zero attached hydrogens (tertiary/aromatic N) is 1. The second-order valence-electron chi connectivity index (χ2n) is 4.97. The number of alkyl halides is 3. The Kier molecular flexibility index (Phi) is 6.31. The molecule has 0 bridgehead atoms. The molecule has 1 N–H and O–H groups in total. The molecule has 8 heteroatoms. The summed E-state index contributed by atoms with van der Waals surface area (Å²) in [5.74, 6) is -0.0635. The van der Waals surface area contributed by atoms with Gasteiger partial charge in [0, 0.05) is 11.0 Å². The van der Waals surface area contributed by atoms with E-state index >= 15 is 0 Å². The van der Waals surface area contributed by atoms with E-state index in [-0.39, 0.29) is 16.7 Å². The highest BCUT2D eigenvalue weighted by atomic mass is 32.2. The van der Waals surface area contributed by atoms with Crippen molar-refractivity contribution in [3.63, 3.8) is 0 Å². The first-order valence-electron chi connectivity index (χ1n) is 7.24. The molecule has 0 unspecified atom stereocenters. The van der Waals surface area contributed by atoms with Gasteiger partial charge >= 0.3 is 5.51 Å². The lowest BCUT2D eigenvalue weighted by Crippen LogP contribution is -2.09. The highest BCUT2D eigenvalue weighted by molar-refractivity contribution is 8.00. The summed E-state index contributed by atoms with van der Waals surface area (Å²) in [6.45, 7) is 0. The molecular formula is C18H13F3N2O2S. The van der Waals surface area contributed by atoms with E-state index in [1.807, 2.05) is 6.07 Å². The van der Waals surface area contributed by atoms with E-state index < -0.39 is 11.4 Å². The largest absolute Gasteiger partial charge is 0.495 e. The number of halogens is 3. The lowest BCUT2D eigenvalue weighted by molar-refractivity contribution is -0.111. The molecule has 0 aliphatic rings. The third-order valence-electron chi connectivity index (χ3n) is 3.13. The zero-order valence-corrected chi connectivity index (χ0v) is 14.3. The first-order chi connectivity index (χ1) is 12.3. The molecule has 0 spiro atoms. The summed E-state index contributed by atoms with van der Waals surface area (Å²) in [6, 6.07) is 12.2. The summed E-state index contributed by atoms with van der Waals surface area (Å²) in [5.41, 5.74) is -3.06. The molecule has 26 heavy (non-hydrogen) atoms. The van der Waals surface area contributed by atoms with Crippen molar-refractivity contribution in [3.05, 3.63) is 59.7 Å². The third-order valence-corrected chi connectivity index (χ3v) is 3.87. The number of carbonyl (C=O) groups is 1. The van der Waals surface area contributed by atoms with E-state index in [0.29, 0.717) is 22.6 Å². The number of benzene rings is 2. The zero-order valence-electron chi connectivity index (χ0n) is 13.5. The monoisotopic (exact) mass is 378 g/mol. The Bertz CT molecular complexity index is 856. The summed E-state index contributed by atoms with van der Waals surface area (Å²) < 4.78 is 42.0. The number of thioether (sulfide) groups is 1. The van der Waals surface area contributed by atoms with Crippen LogP contribution in [0.2, 0.25) is 0 Å². The Hall–Kier alpha value is -2.92. The minimum atomic E-state index is -4.34. The molecule has 2 rings (SSSR count). The van der Waals surface area contributed by atoms with Crippen molar-refractivity contribution in [1.29, 1.82) is 5.26 Å². The fourth-order valence-electron chi connectivity index (χ4n) is 2.00. The summed E-state index contributed by atoms with van der Waals surface area (Å²) in [5, 5.41) is 11.5. The maximum Gasteiger partial charge on any atom is 0.446 e. The molecule has 4 nitrogen and oxygen atoms in total. The van der Waals surface area contributed by atoms with Gasteiger partial charge in [0.25, 0.3) is 0 Å². The van der Waals surface area contributed by atoms with Crippen molar-refractivity contribution in [3.8, 4) is 11.8 Å². The number of rotatable bonds is 5. The number of methoxy groups -OCH3 is 1. The second-order valence-corrected chi connectivity index (χ2v) is 6.10. The number of ether oxygens (including phenoxy) is 1. The smallest absolute Gasteiger partial charge is 0.446 e. The standard InChI is InChI=1S/C18H13F3N2O2S/c1-25-16-8-4-13(11-22)10-15(16)23-17(24)9-5-12-2-6-14(7-3-12)26-18(19,20)21/h2-10H,1H3,(H,23,24)/b9-5+. The van der Waals surface area contributed by atoms with Gasteiger partial charge in [-0.1, -0.05) is 12.1 Å². The molecule has 0 aliphatic carbocycles. The van der Waals surface area contributed by atoms with Gasteiger partial charge in [-0.2, -0.15) is 18.4 Å². The number of nitriles is 1. The van der Waals surface area contributed by atoms with Crippen molar-refractivity contribution in [1.82, 2.24) is 0 Å². The molecule has 134 valence electrons. The fraction of sp³-hybridized carbons (Fsp3) is 0.111. The van der Waals surface area contributed by atoms with Gasteiger partial charge in [0.2, 0.25) is 5.91 Å². The predicted molar refractivity (Wildman–Crippen MR) is 93.7 cm³/mol. The molecule has 0 radical (unpaired) electrons. The number of hydrogen-bond acceptors (Lipinski definition) is 4. The van der Waals surface area contributed by atoms with Crippen molar-refractivity contribution in [2.24, 2.45) is 0 Å². The molecule has 0 aromatic heterocycles.